The zero-order valence-electron chi connectivity index (χ0n) is 18.1. The highest BCUT2D eigenvalue weighted by Crippen LogP contribution is 2.24. The number of carbonyl (C=O) groups is 2. The molecule has 168 valence electrons. The van der Waals surface area contributed by atoms with Crippen molar-refractivity contribution in [2.24, 2.45) is 0 Å². The second-order valence-corrected chi connectivity index (χ2v) is 8.84. The van der Waals surface area contributed by atoms with E-state index in [2.05, 4.69) is 10.6 Å². The quantitative estimate of drug-likeness (QED) is 0.545. The van der Waals surface area contributed by atoms with Gasteiger partial charge in [-0.05, 0) is 45.0 Å². The summed E-state index contributed by atoms with van der Waals surface area (Å²) in [5.74, 6) is -0.318. The molecule has 2 amide bonds. The maximum atomic E-state index is 13.3. The molecule has 9 heteroatoms. The first-order valence-electron chi connectivity index (χ1n) is 10.1. The fraction of sp³-hybridized carbons (Fsp3) is 0.364. The van der Waals surface area contributed by atoms with Gasteiger partial charge in [-0.3, -0.25) is 9.10 Å². The summed E-state index contributed by atoms with van der Waals surface area (Å²) in [6.07, 6.45) is -0.579. The molecule has 0 fully saturated rings. The standard InChI is InChI=1S/C22H29N3O5S/c1-4-30-22(27)24-15-14-23-21(26)13-16-25(19-9-5-17(2)6-10-19)31(28,29)20-11-7-18(3)8-12-20/h5-12H,4,13-16H2,1-3H3,(H,23,26)(H,24,27). The van der Waals surface area contributed by atoms with Crippen LogP contribution in [0.1, 0.15) is 24.5 Å². The summed E-state index contributed by atoms with van der Waals surface area (Å²) in [5, 5.41) is 5.17. The van der Waals surface area contributed by atoms with Crippen molar-refractivity contribution in [3.63, 3.8) is 0 Å². The van der Waals surface area contributed by atoms with E-state index in [0.29, 0.717) is 5.69 Å². The van der Waals surface area contributed by atoms with E-state index >= 15 is 0 Å². The molecule has 2 aromatic rings. The van der Waals surface area contributed by atoms with Gasteiger partial charge >= 0.3 is 6.09 Å². The number of hydrogen-bond donors (Lipinski definition) is 2. The highest BCUT2D eigenvalue weighted by molar-refractivity contribution is 7.92. The van der Waals surface area contributed by atoms with Gasteiger partial charge in [0.15, 0.2) is 0 Å². The number of carbonyl (C=O) groups excluding carboxylic acids is 2. The maximum absolute atomic E-state index is 13.3. The van der Waals surface area contributed by atoms with E-state index in [1.54, 1.807) is 43.3 Å². The molecule has 0 aliphatic heterocycles. The summed E-state index contributed by atoms with van der Waals surface area (Å²) in [6.45, 7) is 6.18. The number of anilines is 1. The molecule has 0 atom stereocenters. The normalized spacial score (nSPS) is 10.9. The van der Waals surface area contributed by atoms with Crippen LogP contribution in [0.15, 0.2) is 53.4 Å². The van der Waals surface area contributed by atoms with Crippen molar-refractivity contribution in [2.75, 3.05) is 30.5 Å². The van der Waals surface area contributed by atoms with Crippen LogP contribution < -0.4 is 14.9 Å². The molecule has 0 aliphatic rings. The van der Waals surface area contributed by atoms with Crippen LogP contribution in [-0.4, -0.2) is 46.7 Å². The molecule has 2 aromatic carbocycles. The van der Waals surface area contributed by atoms with E-state index in [0.717, 1.165) is 11.1 Å². The fourth-order valence-corrected chi connectivity index (χ4v) is 4.24. The Hall–Kier alpha value is -3.07. The third kappa shape index (κ3) is 7.29. The Kier molecular flexibility index (Phi) is 8.87. The molecule has 0 aliphatic carbocycles. The first-order chi connectivity index (χ1) is 14.7. The Morgan fingerprint density at radius 3 is 2.03 bits per heavy atom. The average Bonchev–Trinajstić information content (AvgIpc) is 2.73. The summed E-state index contributed by atoms with van der Waals surface area (Å²) in [7, 11) is -3.84. The fourth-order valence-electron chi connectivity index (χ4n) is 2.78. The Labute approximate surface area is 183 Å². The molecule has 0 radical (unpaired) electrons. The largest absolute Gasteiger partial charge is 0.450 e. The zero-order chi connectivity index (χ0) is 22.9. The summed E-state index contributed by atoms with van der Waals surface area (Å²) in [4.78, 5) is 23.6. The van der Waals surface area contributed by atoms with Crippen LogP contribution >= 0.6 is 0 Å². The number of ether oxygens (including phenoxy) is 1. The number of sulfonamides is 1. The maximum Gasteiger partial charge on any atom is 0.407 e. The van der Waals surface area contributed by atoms with E-state index in [-0.39, 0.29) is 43.5 Å². The molecule has 8 nitrogen and oxygen atoms in total. The summed E-state index contributed by atoms with van der Waals surface area (Å²) in [6, 6.07) is 13.7. The third-order valence-corrected chi connectivity index (χ3v) is 6.31. The van der Waals surface area contributed by atoms with Crippen molar-refractivity contribution in [3.05, 3.63) is 59.7 Å². The molecule has 0 saturated carbocycles. The predicted molar refractivity (Wildman–Crippen MR) is 120 cm³/mol. The lowest BCUT2D eigenvalue weighted by Gasteiger charge is -2.24. The summed E-state index contributed by atoms with van der Waals surface area (Å²) < 4.78 is 32.5. The molecule has 0 unspecified atom stereocenters. The highest BCUT2D eigenvalue weighted by atomic mass is 32.2. The van der Waals surface area contributed by atoms with Gasteiger partial charge in [0.25, 0.3) is 10.0 Å². The number of aryl methyl sites for hydroxylation is 2. The zero-order valence-corrected chi connectivity index (χ0v) is 18.9. The SMILES string of the molecule is CCOC(=O)NCCNC(=O)CCN(c1ccc(C)cc1)S(=O)(=O)c1ccc(C)cc1. The van der Waals surface area contributed by atoms with Crippen molar-refractivity contribution in [3.8, 4) is 0 Å². The van der Waals surface area contributed by atoms with Crippen LogP contribution in [0.2, 0.25) is 0 Å². The monoisotopic (exact) mass is 447 g/mol. The number of benzene rings is 2. The van der Waals surface area contributed by atoms with Crippen molar-refractivity contribution in [2.45, 2.75) is 32.1 Å². The molecular formula is C22H29N3O5S. The first-order valence-corrected chi connectivity index (χ1v) is 11.5. The van der Waals surface area contributed by atoms with E-state index in [1.807, 2.05) is 26.0 Å². The minimum atomic E-state index is -3.84. The van der Waals surface area contributed by atoms with Gasteiger partial charge in [-0.2, -0.15) is 0 Å². The molecule has 0 bridgehead atoms. The van der Waals surface area contributed by atoms with E-state index in [1.165, 1.54) is 4.31 Å². The van der Waals surface area contributed by atoms with Crippen LogP contribution in [0.4, 0.5) is 10.5 Å². The van der Waals surface area contributed by atoms with E-state index in [9.17, 15) is 18.0 Å². The number of hydrogen-bond acceptors (Lipinski definition) is 5. The van der Waals surface area contributed by atoms with Gasteiger partial charge in [-0.1, -0.05) is 35.4 Å². The molecule has 0 aromatic heterocycles. The lowest BCUT2D eigenvalue weighted by Crippen LogP contribution is -2.38. The summed E-state index contributed by atoms with van der Waals surface area (Å²) in [5.41, 5.74) is 2.45. The molecule has 0 spiro atoms. The van der Waals surface area contributed by atoms with E-state index in [4.69, 9.17) is 4.74 Å². The van der Waals surface area contributed by atoms with Gasteiger partial charge in [0.1, 0.15) is 0 Å². The molecule has 31 heavy (non-hydrogen) atoms. The van der Waals surface area contributed by atoms with Gasteiger partial charge in [-0.15, -0.1) is 0 Å². The van der Waals surface area contributed by atoms with Crippen molar-refractivity contribution >= 4 is 27.7 Å². The Morgan fingerprint density at radius 2 is 1.45 bits per heavy atom. The number of alkyl carbamates (subject to hydrolysis) is 1. The predicted octanol–water partition coefficient (Wildman–Crippen LogP) is 2.75. The Balaban J connectivity index is 2.06. The van der Waals surface area contributed by atoms with Crippen LogP contribution in [0.3, 0.4) is 0 Å². The average molecular weight is 448 g/mol. The minimum Gasteiger partial charge on any atom is -0.450 e. The Morgan fingerprint density at radius 1 is 0.903 bits per heavy atom. The third-order valence-electron chi connectivity index (χ3n) is 4.46. The van der Waals surface area contributed by atoms with Crippen molar-refractivity contribution in [1.82, 2.24) is 10.6 Å². The van der Waals surface area contributed by atoms with E-state index < -0.39 is 16.1 Å². The van der Waals surface area contributed by atoms with Gasteiger partial charge in [0, 0.05) is 26.1 Å². The van der Waals surface area contributed by atoms with Gasteiger partial charge in [0.05, 0.1) is 17.2 Å². The lowest BCUT2D eigenvalue weighted by atomic mass is 10.2. The molecule has 0 saturated heterocycles. The van der Waals surface area contributed by atoms with Crippen molar-refractivity contribution < 1.29 is 22.7 Å². The molecular weight excluding hydrogens is 418 g/mol. The smallest absolute Gasteiger partial charge is 0.407 e. The number of rotatable bonds is 10. The van der Waals surface area contributed by atoms with Crippen LogP contribution in [0, 0.1) is 13.8 Å². The van der Waals surface area contributed by atoms with Gasteiger partial charge in [-0.25, -0.2) is 13.2 Å². The number of nitrogens with zero attached hydrogens (tertiary/aromatic N) is 1. The Bertz CT molecular complexity index is 973. The number of nitrogens with one attached hydrogen (secondary N) is 2. The van der Waals surface area contributed by atoms with Gasteiger partial charge < -0.3 is 15.4 Å². The lowest BCUT2D eigenvalue weighted by molar-refractivity contribution is -0.120. The second kappa shape index (κ2) is 11.4. The minimum absolute atomic E-state index is 0.0175. The second-order valence-electron chi connectivity index (χ2n) is 6.97. The van der Waals surface area contributed by atoms with Crippen LogP contribution in [-0.2, 0) is 19.6 Å². The first kappa shape index (κ1) is 24.2. The van der Waals surface area contributed by atoms with Crippen LogP contribution in [0.5, 0.6) is 0 Å². The summed E-state index contributed by atoms with van der Waals surface area (Å²) >= 11 is 0. The van der Waals surface area contributed by atoms with Crippen LogP contribution in [0.25, 0.3) is 0 Å². The van der Waals surface area contributed by atoms with Gasteiger partial charge in [0.2, 0.25) is 5.91 Å². The molecule has 2 N–H and O–H groups in total. The highest BCUT2D eigenvalue weighted by Gasteiger charge is 2.25. The van der Waals surface area contributed by atoms with Crippen molar-refractivity contribution in [1.29, 1.82) is 0 Å². The number of amides is 2. The molecule has 2 rings (SSSR count). The topological polar surface area (TPSA) is 105 Å². The molecule has 0 heterocycles.